The Morgan fingerprint density at radius 1 is 1.35 bits per heavy atom. The Morgan fingerprint density at radius 3 is 3.00 bits per heavy atom. The van der Waals surface area contributed by atoms with E-state index in [9.17, 15) is 0 Å². The van der Waals surface area contributed by atoms with Crippen molar-refractivity contribution in [2.45, 2.75) is 58.2 Å². The Bertz CT molecular complexity index is 408. The normalized spacial score (nSPS) is 22.1. The lowest BCUT2D eigenvalue weighted by atomic mass is 9.97. The summed E-state index contributed by atoms with van der Waals surface area (Å²) in [6, 6.07) is 0.680. The molecule has 0 radical (unpaired) electrons. The zero-order valence-electron chi connectivity index (χ0n) is 12.7. The van der Waals surface area contributed by atoms with Crippen LogP contribution in [0.1, 0.15) is 44.9 Å². The molecule has 3 rings (SSSR count). The molecule has 1 atom stereocenters. The van der Waals surface area contributed by atoms with E-state index in [0.29, 0.717) is 6.04 Å². The summed E-state index contributed by atoms with van der Waals surface area (Å²) in [6.45, 7) is 7.89. The fraction of sp³-hybridized carbons (Fsp3) is 0.812. The first kappa shape index (κ1) is 14.1. The van der Waals surface area contributed by atoms with Gasteiger partial charge in [-0.15, -0.1) is 0 Å². The van der Waals surface area contributed by atoms with Crippen molar-refractivity contribution in [1.82, 2.24) is 19.8 Å². The molecule has 1 aromatic rings. The summed E-state index contributed by atoms with van der Waals surface area (Å²) < 4.78 is 2.29. The average molecular weight is 276 g/mol. The van der Waals surface area contributed by atoms with Crippen molar-refractivity contribution < 1.29 is 0 Å². The third kappa shape index (κ3) is 3.23. The molecule has 1 aromatic heterocycles. The Labute approximate surface area is 122 Å². The summed E-state index contributed by atoms with van der Waals surface area (Å²) in [5.41, 5.74) is 0. The van der Waals surface area contributed by atoms with Crippen LogP contribution >= 0.6 is 0 Å². The van der Waals surface area contributed by atoms with Crippen molar-refractivity contribution >= 4 is 0 Å². The van der Waals surface area contributed by atoms with Gasteiger partial charge in [0, 0.05) is 38.1 Å². The van der Waals surface area contributed by atoms with E-state index in [1.807, 2.05) is 6.20 Å². The predicted octanol–water partition coefficient (Wildman–Crippen LogP) is 2.26. The maximum absolute atomic E-state index is 4.47. The molecule has 4 heteroatoms. The molecule has 20 heavy (non-hydrogen) atoms. The molecule has 1 N–H and O–H groups in total. The van der Waals surface area contributed by atoms with Crippen LogP contribution in [0.5, 0.6) is 0 Å². The van der Waals surface area contributed by atoms with E-state index >= 15 is 0 Å². The van der Waals surface area contributed by atoms with E-state index in [-0.39, 0.29) is 0 Å². The molecule has 1 saturated carbocycles. The van der Waals surface area contributed by atoms with Gasteiger partial charge >= 0.3 is 0 Å². The van der Waals surface area contributed by atoms with Crippen LogP contribution in [0.3, 0.4) is 0 Å². The number of fused-ring (bicyclic) bond motifs is 1. The van der Waals surface area contributed by atoms with Gasteiger partial charge in [-0.2, -0.15) is 0 Å². The molecule has 0 aromatic carbocycles. The summed E-state index contributed by atoms with van der Waals surface area (Å²) in [5.74, 6) is 2.13. The van der Waals surface area contributed by atoms with E-state index in [2.05, 4.69) is 32.9 Å². The topological polar surface area (TPSA) is 33.1 Å². The number of aromatic nitrogens is 2. The molecule has 0 amide bonds. The van der Waals surface area contributed by atoms with E-state index in [4.69, 9.17) is 0 Å². The molecule has 1 aliphatic carbocycles. The van der Waals surface area contributed by atoms with Crippen LogP contribution in [0.15, 0.2) is 12.4 Å². The number of hydrogen-bond acceptors (Lipinski definition) is 3. The fourth-order valence-electron chi connectivity index (χ4n) is 3.73. The summed E-state index contributed by atoms with van der Waals surface area (Å²) in [6.07, 6.45) is 11.0. The number of rotatable bonds is 6. The zero-order valence-corrected chi connectivity index (χ0v) is 12.7. The standard InChI is InChI=1S/C16H28N4/c1-2-7-17-15(14-5-3-4-6-14)12-19-10-11-20-9-8-18-16(20)13-19/h8-9,14-15,17H,2-7,10-13H2,1H3. The van der Waals surface area contributed by atoms with Gasteiger partial charge < -0.3 is 9.88 Å². The van der Waals surface area contributed by atoms with Gasteiger partial charge in [0.2, 0.25) is 0 Å². The average Bonchev–Trinajstić information content (AvgIpc) is 3.13. The highest BCUT2D eigenvalue weighted by Gasteiger charge is 2.27. The van der Waals surface area contributed by atoms with E-state index in [1.165, 1.54) is 51.0 Å². The minimum absolute atomic E-state index is 0.680. The van der Waals surface area contributed by atoms with Gasteiger partial charge in [-0.05, 0) is 31.7 Å². The first-order chi connectivity index (χ1) is 9.86. The Kier molecular flexibility index (Phi) is 4.73. The number of hydrogen-bond donors (Lipinski definition) is 1. The Balaban J connectivity index is 1.58. The maximum Gasteiger partial charge on any atom is 0.122 e. The summed E-state index contributed by atoms with van der Waals surface area (Å²) in [5, 5.41) is 3.81. The zero-order chi connectivity index (χ0) is 13.8. The second-order valence-electron chi connectivity index (χ2n) is 6.38. The number of nitrogens with one attached hydrogen (secondary N) is 1. The van der Waals surface area contributed by atoms with Crippen LogP contribution in [0.2, 0.25) is 0 Å². The first-order valence-corrected chi connectivity index (χ1v) is 8.32. The van der Waals surface area contributed by atoms with Gasteiger partial charge in [-0.3, -0.25) is 4.90 Å². The van der Waals surface area contributed by atoms with Crippen molar-refractivity contribution in [1.29, 1.82) is 0 Å². The number of imidazole rings is 1. The molecule has 1 fully saturated rings. The van der Waals surface area contributed by atoms with Crippen molar-refractivity contribution in [2.75, 3.05) is 19.6 Å². The van der Waals surface area contributed by atoms with Crippen molar-refractivity contribution in [3.8, 4) is 0 Å². The second kappa shape index (κ2) is 6.72. The monoisotopic (exact) mass is 276 g/mol. The molecule has 1 aliphatic heterocycles. The van der Waals surface area contributed by atoms with E-state index in [0.717, 1.165) is 25.6 Å². The largest absolute Gasteiger partial charge is 0.333 e. The highest BCUT2D eigenvalue weighted by Crippen LogP contribution is 2.28. The lowest BCUT2D eigenvalue weighted by Crippen LogP contribution is -2.47. The van der Waals surface area contributed by atoms with Crippen LogP contribution in [0, 0.1) is 5.92 Å². The molecule has 2 aliphatic rings. The van der Waals surface area contributed by atoms with Gasteiger partial charge in [0.1, 0.15) is 5.82 Å². The first-order valence-electron chi connectivity index (χ1n) is 8.32. The Morgan fingerprint density at radius 2 is 2.20 bits per heavy atom. The highest BCUT2D eigenvalue weighted by atomic mass is 15.2. The van der Waals surface area contributed by atoms with Gasteiger partial charge in [0.25, 0.3) is 0 Å². The van der Waals surface area contributed by atoms with Crippen LogP contribution < -0.4 is 5.32 Å². The second-order valence-corrected chi connectivity index (χ2v) is 6.38. The van der Waals surface area contributed by atoms with Crippen LogP contribution in [0.25, 0.3) is 0 Å². The van der Waals surface area contributed by atoms with Crippen molar-refractivity contribution in [3.63, 3.8) is 0 Å². The molecule has 0 saturated heterocycles. The smallest absolute Gasteiger partial charge is 0.122 e. The SMILES string of the molecule is CCCNC(CN1CCn2ccnc2C1)C1CCCC1. The lowest BCUT2D eigenvalue weighted by molar-refractivity contribution is 0.171. The molecule has 112 valence electrons. The highest BCUT2D eigenvalue weighted by molar-refractivity contribution is 4.96. The molecule has 1 unspecified atom stereocenters. The van der Waals surface area contributed by atoms with Gasteiger partial charge in [-0.1, -0.05) is 19.8 Å². The van der Waals surface area contributed by atoms with Crippen LogP contribution in [-0.2, 0) is 13.1 Å². The van der Waals surface area contributed by atoms with Crippen molar-refractivity contribution in [2.24, 2.45) is 5.92 Å². The summed E-state index contributed by atoms with van der Waals surface area (Å²) >= 11 is 0. The molecule has 4 nitrogen and oxygen atoms in total. The van der Waals surface area contributed by atoms with E-state index < -0.39 is 0 Å². The molecular formula is C16H28N4. The minimum Gasteiger partial charge on any atom is -0.333 e. The Hall–Kier alpha value is -0.870. The minimum atomic E-state index is 0.680. The molecule has 0 spiro atoms. The molecule has 0 bridgehead atoms. The van der Waals surface area contributed by atoms with E-state index in [1.54, 1.807) is 0 Å². The van der Waals surface area contributed by atoms with Crippen LogP contribution in [-0.4, -0.2) is 40.1 Å². The molecule has 2 heterocycles. The van der Waals surface area contributed by atoms with Gasteiger partial charge in [-0.25, -0.2) is 4.98 Å². The van der Waals surface area contributed by atoms with Gasteiger partial charge in [0.05, 0.1) is 6.54 Å². The van der Waals surface area contributed by atoms with Crippen molar-refractivity contribution in [3.05, 3.63) is 18.2 Å². The third-order valence-electron chi connectivity index (χ3n) is 4.90. The summed E-state index contributed by atoms with van der Waals surface area (Å²) in [4.78, 5) is 7.07. The number of nitrogens with zero attached hydrogens (tertiary/aromatic N) is 3. The third-order valence-corrected chi connectivity index (χ3v) is 4.90. The van der Waals surface area contributed by atoms with Crippen LogP contribution in [0.4, 0.5) is 0 Å². The lowest BCUT2D eigenvalue weighted by Gasteiger charge is -2.34. The quantitative estimate of drug-likeness (QED) is 0.865. The predicted molar refractivity (Wildman–Crippen MR) is 81.5 cm³/mol. The summed E-state index contributed by atoms with van der Waals surface area (Å²) in [7, 11) is 0. The molecular weight excluding hydrogens is 248 g/mol. The fourth-order valence-corrected chi connectivity index (χ4v) is 3.73. The van der Waals surface area contributed by atoms with Gasteiger partial charge in [0.15, 0.2) is 0 Å². The maximum atomic E-state index is 4.47.